The number of nitrogens with one attached hydrogen (secondary N) is 1. The van der Waals surface area contributed by atoms with Gasteiger partial charge in [-0.2, -0.15) is 0 Å². The maximum atomic E-state index is 11.8. The number of hydrogen-bond acceptors (Lipinski definition) is 4. The van der Waals surface area contributed by atoms with Gasteiger partial charge in [-0.1, -0.05) is 12.1 Å². The van der Waals surface area contributed by atoms with Gasteiger partial charge in [-0.25, -0.2) is 0 Å². The number of furan rings is 1. The van der Waals surface area contributed by atoms with Crippen molar-refractivity contribution in [3.63, 3.8) is 0 Å². The van der Waals surface area contributed by atoms with Crippen molar-refractivity contribution in [1.29, 1.82) is 0 Å². The van der Waals surface area contributed by atoms with Gasteiger partial charge in [-0.05, 0) is 35.9 Å². The molecule has 3 N–H and O–H groups in total. The number of amides is 2. The zero-order chi connectivity index (χ0) is 15.2. The summed E-state index contributed by atoms with van der Waals surface area (Å²) in [4.78, 5) is 23.3. The van der Waals surface area contributed by atoms with Crippen LogP contribution in [0, 0.1) is 0 Å². The Balaban J connectivity index is 2.19. The highest BCUT2D eigenvalue weighted by molar-refractivity contribution is 6.03. The molecule has 0 spiro atoms. The van der Waals surface area contributed by atoms with Gasteiger partial charge in [-0.15, -0.1) is 0 Å². The SMILES string of the molecule is COc1ccc(/C=C(\NC(=O)c2ccco2)C(N)=O)cc1. The smallest absolute Gasteiger partial charge is 0.291 e. The van der Waals surface area contributed by atoms with Crippen LogP contribution in [0.2, 0.25) is 0 Å². The van der Waals surface area contributed by atoms with Crippen LogP contribution in [0.1, 0.15) is 16.1 Å². The standard InChI is InChI=1S/C15H14N2O4/c1-20-11-6-4-10(5-7-11)9-12(14(16)18)17-15(19)13-3-2-8-21-13/h2-9H,1H3,(H2,16,18)(H,17,19)/b12-9-. The molecule has 1 aromatic carbocycles. The highest BCUT2D eigenvalue weighted by Gasteiger charge is 2.13. The van der Waals surface area contributed by atoms with E-state index in [0.29, 0.717) is 11.3 Å². The summed E-state index contributed by atoms with van der Waals surface area (Å²) in [6.07, 6.45) is 2.84. The van der Waals surface area contributed by atoms with Crippen LogP contribution >= 0.6 is 0 Å². The van der Waals surface area contributed by atoms with Crippen LogP contribution in [-0.2, 0) is 4.79 Å². The molecular formula is C15H14N2O4. The number of nitrogens with two attached hydrogens (primary N) is 1. The number of rotatable bonds is 5. The van der Waals surface area contributed by atoms with Crippen LogP contribution in [0.4, 0.5) is 0 Å². The number of carbonyl (C=O) groups excluding carboxylic acids is 2. The first-order chi connectivity index (χ1) is 10.1. The second-order valence-corrected chi connectivity index (χ2v) is 4.13. The zero-order valence-corrected chi connectivity index (χ0v) is 11.3. The summed E-state index contributed by atoms with van der Waals surface area (Å²) in [5.74, 6) is -0.506. The molecule has 2 amide bonds. The number of methoxy groups -OCH3 is 1. The third-order valence-corrected chi connectivity index (χ3v) is 2.69. The minimum Gasteiger partial charge on any atom is -0.497 e. The second kappa shape index (κ2) is 6.42. The summed E-state index contributed by atoms with van der Waals surface area (Å²) < 4.78 is 9.99. The molecule has 0 saturated carbocycles. The van der Waals surface area contributed by atoms with Gasteiger partial charge in [-0.3, -0.25) is 9.59 Å². The maximum absolute atomic E-state index is 11.8. The number of hydrogen-bond donors (Lipinski definition) is 2. The zero-order valence-electron chi connectivity index (χ0n) is 11.3. The molecule has 0 aliphatic rings. The molecule has 6 heteroatoms. The first kappa shape index (κ1) is 14.4. The van der Waals surface area contributed by atoms with E-state index in [1.807, 2.05) is 0 Å². The molecule has 0 fully saturated rings. The fraction of sp³-hybridized carbons (Fsp3) is 0.0667. The van der Waals surface area contributed by atoms with E-state index in [0.717, 1.165) is 0 Å². The molecule has 1 aromatic heterocycles. The van der Waals surface area contributed by atoms with Crippen molar-refractivity contribution in [2.75, 3.05) is 7.11 Å². The molecule has 1 heterocycles. The van der Waals surface area contributed by atoms with Gasteiger partial charge in [0.1, 0.15) is 11.4 Å². The summed E-state index contributed by atoms with van der Waals surface area (Å²) in [6, 6.07) is 10.0. The average molecular weight is 286 g/mol. The lowest BCUT2D eigenvalue weighted by Gasteiger charge is -2.05. The third-order valence-electron chi connectivity index (χ3n) is 2.69. The van der Waals surface area contributed by atoms with Crippen molar-refractivity contribution < 1.29 is 18.7 Å². The summed E-state index contributed by atoms with van der Waals surface area (Å²) in [6.45, 7) is 0. The van der Waals surface area contributed by atoms with Gasteiger partial charge in [0.05, 0.1) is 13.4 Å². The first-order valence-electron chi connectivity index (χ1n) is 6.10. The first-order valence-corrected chi connectivity index (χ1v) is 6.10. The normalized spacial score (nSPS) is 11.0. The van der Waals surface area contributed by atoms with Crippen LogP contribution in [0.5, 0.6) is 5.75 Å². The number of carbonyl (C=O) groups is 2. The topological polar surface area (TPSA) is 94.6 Å². The van der Waals surface area contributed by atoms with E-state index < -0.39 is 11.8 Å². The molecule has 0 aliphatic heterocycles. The summed E-state index contributed by atoms with van der Waals surface area (Å²) in [5, 5.41) is 2.42. The number of ether oxygens (including phenoxy) is 1. The van der Waals surface area contributed by atoms with E-state index in [2.05, 4.69) is 5.32 Å². The van der Waals surface area contributed by atoms with Crippen molar-refractivity contribution in [2.24, 2.45) is 5.73 Å². The number of benzene rings is 1. The minimum atomic E-state index is -0.745. The molecule has 2 rings (SSSR count). The highest BCUT2D eigenvalue weighted by Crippen LogP contribution is 2.13. The molecule has 0 aliphatic carbocycles. The molecular weight excluding hydrogens is 272 g/mol. The molecule has 6 nitrogen and oxygen atoms in total. The molecule has 0 unspecified atom stereocenters. The Labute approximate surface area is 121 Å². The molecule has 0 atom stereocenters. The molecule has 0 radical (unpaired) electrons. The van der Waals surface area contributed by atoms with E-state index in [1.54, 1.807) is 37.4 Å². The summed E-state index contributed by atoms with van der Waals surface area (Å²) >= 11 is 0. The van der Waals surface area contributed by atoms with Gasteiger partial charge < -0.3 is 20.2 Å². The molecule has 108 valence electrons. The van der Waals surface area contributed by atoms with E-state index in [4.69, 9.17) is 14.9 Å². The van der Waals surface area contributed by atoms with Crippen LogP contribution in [-0.4, -0.2) is 18.9 Å². The quantitative estimate of drug-likeness (QED) is 0.815. The third kappa shape index (κ3) is 3.73. The average Bonchev–Trinajstić information content (AvgIpc) is 3.01. The van der Waals surface area contributed by atoms with Gasteiger partial charge in [0.2, 0.25) is 0 Å². The van der Waals surface area contributed by atoms with Crippen LogP contribution < -0.4 is 15.8 Å². The van der Waals surface area contributed by atoms with Gasteiger partial charge in [0, 0.05) is 0 Å². The van der Waals surface area contributed by atoms with Crippen LogP contribution in [0.15, 0.2) is 52.8 Å². The van der Waals surface area contributed by atoms with E-state index in [9.17, 15) is 9.59 Å². The fourth-order valence-electron chi connectivity index (χ4n) is 1.63. The van der Waals surface area contributed by atoms with Crippen LogP contribution in [0.25, 0.3) is 6.08 Å². The lowest BCUT2D eigenvalue weighted by atomic mass is 10.2. The largest absolute Gasteiger partial charge is 0.497 e. The van der Waals surface area contributed by atoms with Gasteiger partial charge in [0.15, 0.2) is 5.76 Å². The lowest BCUT2D eigenvalue weighted by Crippen LogP contribution is -2.30. The lowest BCUT2D eigenvalue weighted by molar-refractivity contribution is -0.114. The second-order valence-electron chi connectivity index (χ2n) is 4.13. The van der Waals surface area contributed by atoms with Crippen molar-refractivity contribution in [1.82, 2.24) is 5.32 Å². The van der Waals surface area contributed by atoms with Gasteiger partial charge >= 0.3 is 0 Å². The Kier molecular flexibility index (Phi) is 4.40. The Bertz CT molecular complexity index is 657. The molecule has 0 bridgehead atoms. The van der Waals surface area contributed by atoms with E-state index in [1.165, 1.54) is 18.4 Å². The summed E-state index contributed by atoms with van der Waals surface area (Å²) in [7, 11) is 1.56. The van der Waals surface area contributed by atoms with Crippen molar-refractivity contribution >= 4 is 17.9 Å². The molecule has 0 saturated heterocycles. The van der Waals surface area contributed by atoms with Crippen LogP contribution in [0.3, 0.4) is 0 Å². The molecule has 2 aromatic rings. The predicted octanol–water partition coefficient (Wildman–Crippen LogP) is 1.54. The Morgan fingerprint density at radius 1 is 1.24 bits per heavy atom. The Hall–Kier alpha value is -3.02. The Morgan fingerprint density at radius 3 is 2.48 bits per heavy atom. The maximum Gasteiger partial charge on any atom is 0.291 e. The fourth-order valence-corrected chi connectivity index (χ4v) is 1.63. The van der Waals surface area contributed by atoms with Crippen molar-refractivity contribution in [3.8, 4) is 5.75 Å². The van der Waals surface area contributed by atoms with E-state index in [-0.39, 0.29) is 11.5 Å². The predicted molar refractivity (Wildman–Crippen MR) is 76.3 cm³/mol. The minimum absolute atomic E-state index is 0.0263. The molecule has 21 heavy (non-hydrogen) atoms. The van der Waals surface area contributed by atoms with Crippen molar-refractivity contribution in [2.45, 2.75) is 0 Å². The highest BCUT2D eigenvalue weighted by atomic mass is 16.5. The summed E-state index contributed by atoms with van der Waals surface area (Å²) in [5.41, 5.74) is 5.94. The van der Waals surface area contributed by atoms with Crippen molar-refractivity contribution in [3.05, 3.63) is 59.7 Å². The van der Waals surface area contributed by atoms with Gasteiger partial charge in [0.25, 0.3) is 11.8 Å². The van der Waals surface area contributed by atoms with E-state index >= 15 is 0 Å². The Morgan fingerprint density at radius 2 is 1.95 bits per heavy atom. The number of primary amides is 1. The monoisotopic (exact) mass is 286 g/mol.